The third-order valence-electron chi connectivity index (χ3n) is 3.43. The summed E-state index contributed by atoms with van der Waals surface area (Å²) in [6.07, 6.45) is 1.06. The average Bonchev–Trinajstić information content (AvgIpc) is 2.55. The topological polar surface area (TPSA) is 30.5 Å². The normalized spacial score (nSPS) is 10.7. The first-order chi connectivity index (χ1) is 11.5. The smallest absolute Gasteiger partial charge is 0.180 e. The lowest BCUT2D eigenvalue weighted by atomic mass is 10.2. The van der Waals surface area contributed by atoms with Crippen molar-refractivity contribution in [3.8, 4) is 11.5 Å². The number of hydrogen-bond donors (Lipinski definition) is 1. The van der Waals surface area contributed by atoms with E-state index in [-0.39, 0.29) is 12.4 Å². The van der Waals surface area contributed by atoms with E-state index >= 15 is 0 Å². The van der Waals surface area contributed by atoms with E-state index in [0.717, 1.165) is 18.5 Å². The Morgan fingerprint density at radius 1 is 1.12 bits per heavy atom. The van der Waals surface area contributed by atoms with Gasteiger partial charge in [-0.3, -0.25) is 0 Å². The van der Waals surface area contributed by atoms with Crippen molar-refractivity contribution in [3.63, 3.8) is 0 Å². The maximum atomic E-state index is 13.1. The van der Waals surface area contributed by atoms with Crippen molar-refractivity contribution in [2.24, 2.45) is 0 Å². The molecule has 0 saturated carbocycles. The lowest BCUT2D eigenvalue weighted by molar-refractivity contribution is 0.284. The van der Waals surface area contributed by atoms with Crippen LogP contribution in [0.5, 0.6) is 11.5 Å². The fraction of sp³-hybridized carbons (Fsp3) is 0.333. The minimum atomic E-state index is -0.386. The van der Waals surface area contributed by atoms with Crippen LogP contribution in [0.25, 0.3) is 0 Å². The number of halogens is 3. The molecule has 3 nitrogen and oxygen atoms in total. The fourth-order valence-corrected chi connectivity index (χ4v) is 2.72. The molecular weight excluding hydrogens is 352 g/mol. The summed E-state index contributed by atoms with van der Waals surface area (Å²) in [5.41, 5.74) is 1.68. The van der Waals surface area contributed by atoms with Gasteiger partial charge in [-0.05, 0) is 42.8 Å². The van der Waals surface area contributed by atoms with Gasteiger partial charge < -0.3 is 14.8 Å². The van der Waals surface area contributed by atoms with E-state index in [1.807, 2.05) is 12.1 Å². The Hall–Kier alpha value is -1.49. The maximum Gasteiger partial charge on any atom is 0.180 e. The molecule has 0 aliphatic heterocycles. The summed E-state index contributed by atoms with van der Waals surface area (Å²) in [6, 6.07) is 7.90. The van der Waals surface area contributed by atoms with Gasteiger partial charge >= 0.3 is 0 Å². The van der Waals surface area contributed by atoms with Gasteiger partial charge in [0.1, 0.15) is 12.4 Å². The summed E-state index contributed by atoms with van der Waals surface area (Å²) in [6.45, 7) is 3.91. The number of rotatable bonds is 8. The van der Waals surface area contributed by atoms with Gasteiger partial charge in [0.25, 0.3) is 0 Å². The molecule has 130 valence electrons. The van der Waals surface area contributed by atoms with Crippen molar-refractivity contribution >= 4 is 23.2 Å². The standard InChI is InChI=1S/C18H20Cl2FNO2/c1-3-6-22-10-12-7-16(20)18(17(8-12)23-2)24-11-13-4-5-14(21)9-15(13)19/h4-5,7-9,22H,3,6,10-11H2,1-2H3. The Kier molecular flexibility index (Phi) is 7.16. The van der Waals surface area contributed by atoms with E-state index in [9.17, 15) is 4.39 Å². The predicted octanol–water partition coefficient (Wildman–Crippen LogP) is 5.22. The molecule has 0 heterocycles. The van der Waals surface area contributed by atoms with Crippen LogP contribution in [-0.2, 0) is 13.2 Å². The van der Waals surface area contributed by atoms with Crippen molar-refractivity contribution in [2.75, 3.05) is 13.7 Å². The SMILES string of the molecule is CCCNCc1cc(Cl)c(OCc2ccc(F)cc2Cl)c(OC)c1. The van der Waals surface area contributed by atoms with Gasteiger partial charge in [-0.15, -0.1) is 0 Å². The Morgan fingerprint density at radius 3 is 2.58 bits per heavy atom. The van der Waals surface area contributed by atoms with Gasteiger partial charge in [0.2, 0.25) is 0 Å². The molecule has 2 rings (SSSR count). The van der Waals surface area contributed by atoms with Crippen LogP contribution in [0, 0.1) is 5.82 Å². The molecule has 0 atom stereocenters. The zero-order chi connectivity index (χ0) is 17.5. The summed E-state index contributed by atoms with van der Waals surface area (Å²) < 4.78 is 24.2. The second kappa shape index (κ2) is 9.11. The Bertz CT molecular complexity index is 695. The zero-order valence-electron chi connectivity index (χ0n) is 13.7. The molecule has 0 radical (unpaired) electrons. The Labute approximate surface area is 151 Å². The monoisotopic (exact) mass is 371 g/mol. The van der Waals surface area contributed by atoms with Crippen LogP contribution >= 0.6 is 23.2 Å². The number of nitrogens with one attached hydrogen (secondary N) is 1. The van der Waals surface area contributed by atoms with Gasteiger partial charge in [-0.25, -0.2) is 4.39 Å². The van der Waals surface area contributed by atoms with Crippen LogP contribution in [0.15, 0.2) is 30.3 Å². The molecule has 0 aliphatic rings. The van der Waals surface area contributed by atoms with Crippen LogP contribution in [0.4, 0.5) is 4.39 Å². The maximum absolute atomic E-state index is 13.1. The van der Waals surface area contributed by atoms with Gasteiger partial charge in [0.05, 0.1) is 17.2 Å². The highest BCUT2D eigenvalue weighted by Gasteiger charge is 2.13. The molecule has 1 N–H and O–H groups in total. The number of methoxy groups -OCH3 is 1. The lowest BCUT2D eigenvalue weighted by Gasteiger charge is -2.15. The van der Waals surface area contributed by atoms with Crippen molar-refractivity contribution in [1.82, 2.24) is 5.32 Å². The number of hydrogen-bond acceptors (Lipinski definition) is 3. The van der Waals surface area contributed by atoms with Gasteiger partial charge in [0.15, 0.2) is 11.5 Å². The first-order valence-corrected chi connectivity index (χ1v) is 8.44. The third kappa shape index (κ3) is 5.00. The second-order valence-electron chi connectivity index (χ2n) is 5.31. The molecule has 2 aromatic carbocycles. The highest BCUT2D eigenvalue weighted by Crippen LogP contribution is 2.37. The number of benzene rings is 2. The van der Waals surface area contributed by atoms with E-state index in [1.165, 1.54) is 12.1 Å². The van der Waals surface area contributed by atoms with Crippen LogP contribution in [0.3, 0.4) is 0 Å². The first-order valence-electron chi connectivity index (χ1n) is 7.69. The highest BCUT2D eigenvalue weighted by molar-refractivity contribution is 6.32. The number of ether oxygens (including phenoxy) is 2. The average molecular weight is 372 g/mol. The van der Waals surface area contributed by atoms with E-state index in [2.05, 4.69) is 12.2 Å². The van der Waals surface area contributed by atoms with Crippen molar-refractivity contribution in [1.29, 1.82) is 0 Å². The van der Waals surface area contributed by atoms with Gasteiger partial charge in [0, 0.05) is 12.1 Å². The van der Waals surface area contributed by atoms with Crippen LogP contribution in [0.2, 0.25) is 10.0 Å². The Balaban J connectivity index is 2.14. The molecule has 0 spiro atoms. The van der Waals surface area contributed by atoms with E-state index in [0.29, 0.717) is 33.7 Å². The molecule has 2 aromatic rings. The van der Waals surface area contributed by atoms with Crippen molar-refractivity contribution < 1.29 is 13.9 Å². The molecule has 24 heavy (non-hydrogen) atoms. The molecule has 0 aromatic heterocycles. The van der Waals surface area contributed by atoms with Gasteiger partial charge in [-0.1, -0.05) is 36.2 Å². The largest absolute Gasteiger partial charge is 0.493 e. The fourth-order valence-electron chi connectivity index (χ4n) is 2.21. The molecule has 0 bridgehead atoms. The van der Waals surface area contributed by atoms with Crippen molar-refractivity contribution in [3.05, 3.63) is 57.3 Å². The lowest BCUT2D eigenvalue weighted by Crippen LogP contribution is -2.14. The van der Waals surface area contributed by atoms with Crippen LogP contribution < -0.4 is 14.8 Å². The van der Waals surface area contributed by atoms with E-state index < -0.39 is 0 Å². The molecule has 0 saturated heterocycles. The molecule has 0 fully saturated rings. The first kappa shape index (κ1) is 18.8. The summed E-state index contributed by atoms with van der Waals surface area (Å²) >= 11 is 12.3. The quantitative estimate of drug-likeness (QED) is 0.645. The summed E-state index contributed by atoms with van der Waals surface area (Å²) in [7, 11) is 1.56. The summed E-state index contributed by atoms with van der Waals surface area (Å²) in [4.78, 5) is 0. The highest BCUT2D eigenvalue weighted by atomic mass is 35.5. The summed E-state index contributed by atoms with van der Waals surface area (Å²) in [5, 5.41) is 4.08. The van der Waals surface area contributed by atoms with Crippen molar-refractivity contribution in [2.45, 2.75) is 26.5 Å². The molecule has 0 unspecified atom stereocenters. The molecule has 0 aliphatic carbocycles. The molecule has 0 amide bonds. The van der Waals surface area contributed by atoms with E-state index in [4.69, 9.17) is 32.7 Å². The Morgan fingerprint density at radius 2 is 1.92 bits per heavy atom. The molecule has 6 heteroatoms. The van der Waals surface area contributed by atoms with E-state index in [1.54, 1.807) is 13.2 Å². The van der Waals surface area contributed by atoms with Gasteiger partial charge in [-0.2, -0.15) is 0 Å². The predicted molar refractivity (Wildman–Crippen MR) is 95.7 cm³/mol. The summed E-state index contributed by atoms with van der Waals surface area (Å²) in [5.74, 6) is 0.608. The minimum Gasteiger partial charge on any atom is -0.493 e. The minimum absolute atomic E-state index is 0.169. The second-order valence-corrected chi connectivity index (χ2v) is 6.12. The van der Waals surface area contributed by atoms with Crippen LogP contribution in [0.1, 0.15) is 24.5 Å². The third-order valence-corrected chi connectivity index (χ3v) is 4.06. The van der Waals surface area contributed by atoms with Crippen LogP contribution in [-0.4, -0.2) is 13.7 Å². The molecular formula is C18H20Cl2FNO2. The zero-order valence-corrected chi connectivity index (χ0v) is 15.2.